The maximum atomic E-state index is 4.42. The molecule has 1 saturated heterocycles. The van der Waals surface area contributed by atoms with Crippen molar-refractivity contribution in [3.63, 3.8) is 0 Å². The average molecular weight is 190 g/mol. The molecule has 0 aliphatic carbocycles. The normalized spacial score (nSPS) is 24.3. The first kappa shape index (κ1) is 7.44. The van der Waals surface area contributed by atoms with E-state index >= 15 is 0 Å². The van der Waals surface area contributed by atoms with E-state index in [1.165, 1.54) is 16.9 Å². The van der Waals surface area contributed by atoms with Crippen LogP contribution in [0.1, 0.15) is 17.2 Å². The fraction of sp³-hybridized carbons (Fsp3) is 0.300. The van der Waals surface area contributed by atoms with Gasteiger partial charge in [0.2, 0.25) is 0 Å². The summed E-state index contributed by atoms with van der Waals surface area (Å²) in [4.78, 5) is 0. The molecule has 0 amide bonds. The Balaban J connectivity index is 2.13. The van der Waals surface area contributed by atoms with Crippen molar-refractivity contribution in [1.82, 2.24) is 5.01 Å². The zero-order valence-corrected chi connectivity index (χ0v) is 8.00. The molecule has 3 heteroatoms. The van der Waals surface area contributed by atoms with E-state index in [1.807, 2.05) is 18.0 Å². The van der Waals surface area contributed by atoms with Gasteiger partial charge in [-0.1, -0.05) is 24.3 Å². The second kappa shape index (κ2) is 2.77. The lowest BCUT2D eigenvalue weighted by molar-refractivity contribution is 0.280. The minimum atomic E-state index is 0.520. The van der Waals surface area contributed by atoms with Crippen molar-refractivity contribution < 1.29 is 0 Å². The van der Waals surface area contributed by atoms with Gasteiger partial charge in [0.05, 0.1) is 18.1 Å². The maximum Gasteiger partial charge on any atom is 0.0827 e. The molecule has 2 aliphatic heterocycles. The van der Waals surface area contributed by atoms with Crippen molar-refractivity contribution in [2.45, 2.75) is 6.04 Å². The highest BCUT2D eigenvalue weighted by Crippen LogP contribution is 2.36. The monoisotopic (exact) mass is 190 g/mol. The Morgan fingerprint density at radius 2 is 2.31 bits per heavy atom. The van der Waals surface area contributed by atoms with Crippen LogP contribution in [0.25, 0.3) is 0 Å². The minimum absolute atomic E-state index is 0.520. The highest BCUT2D eigenvalue weighted by Gasteiger charge is 2.28. The van der Waals surface area contributed by atoms with Crippen molar-refractivity contribution in [3.8, 4) is 0 Å². The number of nitrogens with zero attached hydrogens (tertiary/aromatic N) is 2. The number of fused-ring (bicyclic) bond motifs is 3. The van der Waals surface area contributed by atoms with Crippen molar-refractivity contribution in [2.24, 2.45) is 5.10 Å². The Labute approximate surface area is 81.6 Å². The van der Waals surface area contributed by atoms with Crippen molar-refractivity contribution in [1.29, 1.82) is 0 Å². The molecule has 66 valence electrons. The Hall–Kier alpha value is -0.960. The van der Waals surface area contributed by atoms with Crippen LogP contribution < -0.4 is 0 Å². The predicted molar refractivity (Wildman–Crippen MR) is 55.9 cm³/mol. The third kappa shape index (κ3) is 1.07. The van der Waals surface area contributed by atoms with Gasteiger partial charge in [0, 0.05) is 5.75 Å². The molecule has 0 saturated carbocycles. The van der Waals surface area contributed by atoms with Crippen LogP contribution in [0.4, 0.5) is 0 Å². The van der Waals surface area contributed by atoms with Crippen molar-refractivity contribution >= 4 is 18.0 Å². The molecule has 3 rings (SSSR count). The molecule has 1 unspecified atom stereocenters. The Morgan fingerprint density at radius 1 is 1.38 bits per heavy atom. The number of hydrogen-bond acceptors (Lipinski definition) is 3. The molecule has 1 aromatic carbocycles. The first-order chi connectivity index (χ1) is 6.45. The third-order valence-electron chi connectivity index (χ3n) is 2.56. The summed E-state index contributed by atoms with van der Waals surface area (Å²) in [6.07, 6.45) is 1.97. The zero-order chi connectivity index (χ0) is 8.67. The first-order valence-corrected chi connectivity index (χ1v) is 5.58. The molecule has 0 aromatic heterocycles. The smallest absolute Gasteiger partial charge is 0.0827 e. The molecule has 0 spiro atoms. The van der Waals surface area contributed by atoms with Crippen LogP contribution in [-0.2, 0) is 0 Å². The Bertz CT molecular complexity index is 362. The topological polar surface area (TPSA) is 15.6 Å². The minimum Gasteiger partial charge on any atom is -0.279 e. The summed E-state index contributed by atoms with van der Waals surface area (Å²) in [7, 11) is 0. The summed E-state index contributed by atoms with van der Waals surface area (Å²) in [5, 5.41) is 6.59. The van der Waals surface area contributed by atoms with Crippen LogP contribution in [0.15, 0.2) is 29.4 Å². The Kier molecular flexibility index (Phi) is 1.59. The number of hydrogen-bond donors (Lipinski definition) is 0. The lowest BCUT2D eigenvalue weighted by atomic mass is 10.0. The highest BCUT2D eigenvalue weighted by molar-refractivity contribution is 7.99. The number of thioether (sulfide) groups is 1. The van der Waals surface area contributed by atoms with Crippen LogP contribution in [0.3, 0.4) is 0 Å². The summed E-state index contributed by atoms with van der Waals surface area (Å²) in [6, 6.07) is 9.05. The number of benzene rings is 1. The van der Waals surface area contributed by atoms with Crippen LogP contribution >= 0.6 is 11.8 Å². The van der Waals surface area contributed by atoms with Gasteiger partial charge in [-0.2, -0.15) is 5.10 Å². The summed E-state index contributed by atoms with van der Waals surface area (Å²) in [5.41, 5.74) is 2.72. The van der Waals surface area contributed by atoms with Gasteiger partial charge in [-0.3, -0.25) is 5.01 Å². The average Bonchev–Trinajstić information content (AvgIpc) is 2.65. The highest BCUT2D eigenvalue weighted by atomic mass is 32.2. The summed E-state index contributed by atoms with van der Waals surface area (Å²) in [6.45, 7) is 0. The lowest BCUT2D eigenvalue weighted by Gasteiger charge is -2.25. The first-order valence-electron chi connectivity index (χ1n) is 4.42. The van der Waals surface area contributed by atoms with E-state index < -0.39 is 0 Å². The molecular formula is C10H10N2S. The molecule has 1 atom stereocenters. The predicted octanol–water partition coefficient (Wildman–Crippen LogP) is 2.08. The van der Waals surface area contributed by atoms with Gasteiger partial charge < -0.3 is 0 Å². The van der Waals surface area contributed by atoms with Crippen molar-refractivity contribution in [3.05, 3.63) is 35.4 Å². The molecule has 0 N–H and O–H groups in total. The number of hydrazone groups is 1. The summed E-state index contributed by atoms with van der Waals surface area (Å²) < 4.78 is 0. The van der Waals surface area contributed by atoms with Crippen LogP contribution in [0, 0.1) is 0 Å². The van der Waals surface area contributed by atoms with Gasteiger partial charge in [-0.25, -0.2) is 0 Å². The molecule has 1 fully saturated rings. The van der Waals surface area contributed by atoms with E-state index in [9.17, 15) is 0 Å². The second-order valence-corrected chi connectivity index (χ2v) is 4.33. The van der Waals surface area contributed by atoms with E-state index in [1.54, 1.807) is 0 Å². The molecular weight excluding hydrogens is 180 g/mol. The van der Waals surface area contributed by atoms with Crippen LogP contribution in [-0.4, -0.2) is 22.9 Å². The molecule has 2 nitrogen and oxygen atoms in total. The SMILES string of the molecule is C1=NN2CSCC2c2ccccc21. The van der Waals surface area contributed by atoms with Gasteiger partial charge in [0.1, 0.15) is 0 Å². The van der Waals surface area contributed by atoms with Gasteiger partial charge in [-0.05, 0) is 11.1 Å². The molecule has 2 aliphatic rings. The van der Waals surface area contributed by atoms with E-state index in [-0.39, 0.29) is 0 Å². The summed E-state index contributed by atoms with van der Waals surface area (Å²) >= 11 is 1.96. The third-order valence-corrected chi connectivity index (χ3v) is 3.56. The Morgan fingerprint density at radius 3 is 3.31 bits per heavy atom. The molecule has 0 bridgehead atoms. The molecule has 13 heavy (non-hydrogen) atoms. The van der Waals surface area contributed by atoms with Crippen LogP contribution in [0.5, 0.6) is 0 Å². The van der Waals surface area contributed by atoms with E-state index in [4.69, 9.17) is 0 Å². The molecule has 0 radical (unpaired) electrons. The van der Waals surface area contributed by atoms with Crippen LogP contribution in [0.2, 0.25) is 0 Å². The summed E-state index contributed by atoms with van der Waals surface area (Å²) in [5.74, 6) is 2.21. The number of rotatable bonds is 0. The second-order valence-electron chi connectivity index (χ2n) is 3.33. The quantitative estimate of drug-likeness (QED) is 0.622. The van der Waals surface area contributed by atoms with E-state index in [2.05, 4.69) is 34.4 Å². The zero-order valence-electron chi connectivity index (χ0n) is 7.18. The standard InChI is InChI=1S/C10H10N2S/c1-2-4-9-8(3-1)5-11-12-7-13-6-10(9)12/h1-5,10H,6-7H2. The van der Waals surface area contributed by atoms with Crippen molar-refractivity contribution in [2.75, 3.05) is 11.6 Å². The van der Waals surface area contributed by atoms with Gasteiger partial charge in [0.25, 0.3) is 0 Å². The fourth-order valence-electron chi connectivity index (χ4n) is 1.87. The lowest BCUT2D eigenvalue weighted by Crippen LogP contribution is -2.23. The van der Waals surface area contributed by atoms with E-state index in [0.717, 1.165) is 5.88 Å². The maximum absolute atomic E-state index is 4.42. The molecule has 2 heterocycles. The largest absolute Gasteiger partial charge is 0.279 e. The molecule has 1 aromatic rings. The fourth-order valence-corrected chi connectivity index (χ4v) is 2.98. The van der Waals surface area contributed by atoms with Gasteiger partial charge >= 0.3 is 0 Å². The van der Waals surface area contributed by atoms with E-state index in [0.29, 0.717) is 6.04 Å². The van der Waals surface area contributed by atoms with Gasteiger partial charge in [-0.15, -0.1) is 11.8 Å². The van der Waals surface area contributed by atoms with Gasteiger partial charge in [0.15, 0.2) is 0 Å².